The van der Waals surface area contributed by atoms with Crippen molar-refractivity contribution in [2.75, 3.05) is 46.1 Å². The van der Waals surface area contributed by atoms with Crippen LogP contribution in [0, 0.1) is 10.1 Å². The maximum absolute atomic E-state index is 13.4. The molecule has 1 saturated heterocycles. The molecule has 0 radical (unpaired) electrons. The third kappa shape index (κ3) is 8.32. The average Bonchev–Trinajstić information content (AvgIpc) is 3.48. The van der Waals surface area contributed by atoms with Gasteiger partial charge >= 0.3 is 0 Å². The van der Waals surface area contributed by atoms with Gasteiger partial charge in [0.15, 0.2) is 11.5 Å². The average molecular weight is 679 g/mol. The fraction of sp³-hybridized carbons (Fsp3) is 0.429. The molecule has 3 aromatic carbocycles. The molecule has 0 aliphatic carbocycles. The number of amides is 2. The number of nitro groups is 1. The van der Waals surface area contributed by atoms with Crippen LogP contribution in [0.3, 0.4) is 0 Å². The van der Waals surface area contributed by atoms with Crippen molar-refractivity contribution < 1.29 is 32.4 Å². The van der Waals surface area contributed by atoms with Gasteiger partial charge < -0.3 is 24.2 Å². The van der Waals surface area contributed by atoms with Crippen LogP contribution in [-0.2, 0) is 21.1 Å². The Morgan fingerprint density at radius 2 is 1.75 bits per heavy atom. The molecule has 256 valence electrons. The Hall–Kier alpha value is -4.49. The van der Waals surface area contributed by atoms with Gasteiger partial charge in [-0.25, -0.2) is 8.42 Å². The largest absolute Gasteiger partial charge is 0.454 e. The van der Waals surface area contributed by atoms with Crippen LogP contribution < -0.4 is 9.47 Å². The Labute approximate surface area is 281 Å². The molecule has 0 N–H and O–H groups in total. The zero-order chi connectivity index (χ0) is 34.3. The summed E-state index contributed by atoms with van der Waals surface area (Å²) in [6, 6.07) is 17.5. The van der Waals surface area contributed by atoms with Crippen molar-refractivity contribution in [1.82, 2.24) is 14.7 Å². The van der Waals surface area contributed by atoms with E-state index < -0.39 is 14.8 Å². The third-order valence-corrected chi connectivity index (χ3v) is 10.5. The summed E-state index contributed by atoms with van der Waals surface area (Å²) in [4.78, 5) is 42.8. The molecule has 1 fully saturated rings. The molecule has 2 heterocycles. The smallest absolute Gasteiger partial charge is 0.270 e. The standard InChI is InChI=1S/C35H42N4O8S/c1-3-15-36(26(2)20-27-9-6-12-30(21-27)48(44,45)31-13-14-32-33(23-31)47-25-46-32)16-4-5-17-37-18-8-19-38(24-34(37)40)35(41)28-10-7-11-29(22-28)39(42)43/h6-7,9-14,21-23,26H,3-5,8,15-20,24-25H2,1-2H3. The van der Waals surface area contributed by atoms with E-state index in [1.807, 2.05) is 6.07 Å². The number of unbranched alkanes of at least 4 members (excludes halogenated alkanes) is 1. The second-order valence-corrected chi connectivity index (χ2v) is 14.2. The van der Waals surface area contributed by atoms with E-state index >= 15 is 0 Å². The van der Waals surface area contributed by atoms with Gasteiger partial charge in [0.1, 0.15) is 6.54 Å². The molecule has 48 heavy (non-hydrogen) atoms. The molecule has 12 nitrogen and oxygen atoms in total. The van der Waals surface area contributed by atoms with Gasteiger partial charge in [-0.2, -0.15) is 0 Å². The fourth-order valence-corrected chi connectivity index (χ4v) is 7.56. The molecular weight excluding hydrogens is 636 g/mol. The molecule has 3 aromatic rings. The maximum atomic E-state index is 13.4. The van der Waals surface area contributed by atoms with E-state index in [4.69, 9.17) is 9.47 Å². The predicted octanol–water partition coefficient (Wildman–Crippen LogP) is 4.95. The van der Waals surface area contributed by atoms with Gasteiger partial charge in [0.05, 0.1) is 14.7 Å². The molecule has 1 unspecified atom stereocenters. The first-order valence-corrected chi connectivity index (χ1v) is 17.8. The van der Waals surface area contributed by atoms with Crippen molar-refractivity contribution in [3.05, 3.63) is 88.0 Å². The zero-order valence-corrected chi connectivity index (χ0v) is 28.2. The highest BCUT2D eigenvalue weighted by atomic mass is 32.2. The quantitative estimate of drug-likeness (QED) is 0.132. The third-order valence-electron chi connectivity index (χ3n) is 8.78. The number of sulfone groups is 1. The lowest BCUT2D eigenvalue weighted by atomic mass is 10.1. The lowest BCUT2D eigenvalue weighted by Crippen LogP contribution is -2.40. The van der Waals surface area contributed by atoms with E-state index in [2.05, 4.69) is 18.7 Å². The topological polar surface area (TPSA) is 140 Å². The number of non-ortho nitro benzene ring substituents is 1. The van der Waals surface area contributed by atoms with Crippen molar-refractivity contribution in [3.8, 4) is 11.5 Å². The summed E-state index contributed by atoms with van der Waals surface area (Å²) in [6.45, 7) is 7.59. The molecule has 2 aliphatic heterocycles. The lowest BCUT2D eigenvalue weighted by molar-refractivity contribution is -0.384. The van der Waals surface area contributed by atoms with Gasteiger partial charge in [-0.15, -0.1) is 0 Å². The normalized spacial score (nSPS) is 15.4. The minimum absolute atomic E-state index is 0.0516. The highest BCUT2D eigenvalue weighted by Gasteiger charge is 2.27. The van der Waals surface area contributed by atoms with Crippen LogP contribution in [0.25, 0.3) is 0 Å². The minimum atomic E-state index is -3.74. The second-order valence-electron chi connectivity index (χ2n) is 12.2. The molecule has 1 atom stereocenters. The van der Waals surface area contributed by atoms with Crippen molar-refractivity contribution >= 4 is 27.3 Å². The maximum Gasteiger partial charge on any atom is 0.270 e. The lowest BCUT2D eigenvalue weighted by Gasteiger charge is -2.29. The van der Waals surface area contributed by atoms with Crippen molar-refractivity contribution in [2.24, 2.45) is 0 Å². The summed E-state index contributed by atoms with van der Waals surface area (Å²) in [6.07, 6.45) is 3.98. The number of hydrogen-bond donors (Lipinski definition) is 0. The molecular formula is C35H42N4O8S. The van der Waals surface area contributed by atoms with Gasteiger partial charge in [-0.05, 0) is 88.0 Å². The molecule has 5 rings (SSSR count). The van der Waals surface area contributed by atoms with Gasteiger partial charge in [0.2, 0.25) is 22.5 Å². The van der Waals surface area contributed by atoms with Crippen LogP contribution in [0.1, 0.15) is 55.5 Å². The molecule has 0 aromatic heterocycles. The first-order valence-electron chi connectivity index (χ1n) is 16.4. The van der Waals surface area contributed by atoms with E-state index in [1.165, 1.54) is 41.3 Å². The van der Waals surface area contributed by atoms with Gasteiger partial charge in [0, 0.05) is 49.4 Å². The predicted molar refractivity (Wildman–Crippen MR) is 179 cm³/mol. The molecule has 0 spiro atoms. The summed E-state index contributed by atoms with van der Waals surface area (Å²) in [7, 11) is -3.74. The number of carbonyl (C=O) groups is 2. The summed E-state index contributed by atoms with van der Waals surface area (Å²) in [5.74, 6) is 0.449. The number of benzene rings is 3. The van der Waals surface area contributed by atoms with Gasteiger partial charge in [-0.3, -0.25) is 19.7 Å². The summed E-state index contributed by atoms with van der Waals surface area (Å²) in [5.41, 5.74) is 0.979. The van der Waals surface area contributed by atoms with Crippen LogP contribution in [0.5, 0.6) is 11.5 Å². The Morgan fingerprint density at radius 3 is 2.54 bits per heavy atom. The van der Waals surface area contributed by atoms with Crippen molar-refractivity contribution in [1.29, 1.82) is 0 Å². The molecule has 0 saturated carbocycles. The number of nitrogens with zero attached hydrogens (tertiary/aromatic N) is 4. The van der Waals surface area contributed by atoms with Crippen LogP contribution in [0.2, 0.25) is 0 Å². The first kappa shape index (κ1) is 34.8. The summed E-state index contributed by atoms with van der Waals surface area (Å²) >= 11 is 0. The van der Waals surface area contributed by atoms with Gasteiger partial charge in [0.25, 0.3) is 11.6 Å². The highest BCUT2D eigenvalue weighted by molar-refractivity contribution is 7.91. The van der Waals surface area contributed by atoms with Crippen LogP contribution >= 0.6 is 0 Å². The Morgan fingerprint density at radius 1 is 0.979 bits per heavy atom. The SMILES string of the molecule is CCCN(CCCCN1CCCN(C(=O)c2cccc([N+](=O)[O-])c2)CC1=O)C(C)Cc1cccc(S(=O)(=O)c2ccc3c(c2)OCO3)c1. The molecule has 2 amide bonds. The number of rotatable bonds is 14. The monoisotopic (exact) mass is 678 g/mol. The number of hydrogen-bond acceptors (Lipinski definition) is 9. The van der Waals surface area contributed by atoms with E-state index in [9.17, 15) is 28.1 Å². The summed E-state index contributed by atoms with van der Waals surface area (Å²) < 4.78 is 37.6. The number of carbonyl (C=O) groups excluding carboxylic acids is 2. The highest BCUT2D eigenvalue weighted by Crippen LogP contribution is 2.35. The van der Waals surface area contributed by atoms with E-state index in [0.29, 0.717) is 44.0 Å². The molecule has 2 aliphatic rings. The van der Waals surface area contributed by atoms with E-state index in [-0.39, 0.29) is 52.2 Å². The minimum Gasteiger partial charge on any atom is -0.454 e. The zero-order valence-electron chi connectivity index (χ0n) is 27.4. The van der Waals surface area contributed by atoms with Gasteiger partial charge in [-0.1, -0.05) is 25.1 Å². The van der Waals surface area contributed by atoms with Crippen molar-refractivity contribution in [2.45, 2.75) is 61.8 Å². The second kappa shape index (κ2) is 15.6. The first-order chi connectivity index (χ1) is 23.1. The van der Waals surface area contributed by atoms with Crippen LogP contribution in [-0.4, -0.2) is 92.0 Å². The number of nitro benzene ring substituents is 1. The molecule has 0 bridgehead atoms. The fourth-order valence-electron chi connectivity index (χ4n) is 6.21. The molecule has 13 heteroatoms. The van der Waals surface area contributed by atoms with E-state index in [1.54, 1.807) is 29.2 Å². The van der Waals surface area contributed by atoms with E-state index in [0.717, 1.165) is 37.9 Å². The summed E-state index contributed by atoms with van der Waals surface area (Å²) in [5, 5.41) is 11.1. The Balaban J connectivity index is 1.13. The van der Waals surface area contributed by atoms with Crippen LogP contribution in [0.15, 0.2) is 76.5 Å². The van der Waals surface area contributed by atoms with Crippen molar-refractivity contribution in [3.63, 3.8) is 0 Å². The van der Waals surface area contributed by atoms with Crippen LogP contribution in [0.4, 0.5) is 5.69 Å². The number of fused-ring (bicyclic) bond motifs is 1. The Kier molecular flexibility index (Phi) is 11.3. The number of ether oxygens (including phenoxy) is 2. The Bertz CT molecular complexity index is 1750.